The van der Waals surface area contributed by atoms with Gasteiger partial charge in [-0.1, -0.05) is 28.5 Å². The van der Waals surface area contributed by atoms with Crippen LogP contribution in [0.3, 0.4) is 0 Å². The van der Waals surface area contributed by atoms with E-state index < -0.39 is 11.9 Å². The smallest absolute Gasteiger partial charge is 0.306 e. The van der Waals surface area contributed by atoms with E-state index in [0.29, 0.717) is 22.9 Å². The Morgan fingerprint density at radius 3 is 2.45 bits per heavy atom. The van der Waals surface area contributed by atoms with Gasteiger partial charge in [0.25, 0.3) is 0 Å². The fourth-order valence-electron chi connectivity index (χ4n) is 3.02. The predicted molar refractivity (Wildman–Crippen MR) is 103 cm³/mol. The highest BCUT2D eigenvalue weighted by molar-refractivity contribution is 5.93. The predicted octanol–water partition coefficient (Wildman–Crippen LogP) is 3.04. The SMILES string of the molecule is COC(=O)C[C@@H](CC(=O)N(C)c1ccccc1)c1noc(-c2noc(C)n2)c1C. The number of para-hydroxylation sites is 1. The summed E-state index contributed by atoms with van der Waals surface area (Å²) in [5, 5.41) is 7.94. The zero-order valence-corrected chi connectivity index (χ0v) is 16.7. The Hall–Kier alpha value is -3.49. The minimum atomic E-state index is -0.522. The number of rotatable bonds is 7. The van der Waals surface area contributed by atoms with Gasteiger partial charge in [0.1, 0.15) is 0 Å². The second-order valence-corrected chi connectivity index (χ2v) is 6.63. The Labute approximate surface area is 167 Å². The summed E-state index contributed by atoms with van der Waals surface area (Å²) in [5.74, 6) is -0.123. The molecule has 152 valence electrons. The topological polar surface area (TPSA) is 112 Å². The standard InChI is InChI=1S/C20H22N4O5/c1-12-18(22-29-19(12)20-21-13(2)28-23-20)14(11-17(26)27-4)10-16(25)24(3)15-8-6-5-7-9-15/h5-9,14H,10-11H2,1-4H3/t14-/m1/s1. The van der Waals surface area contributed by atoms with Gasteiger partial charge < -0.3 is 18.7 Å². The molecule has 0 aliphatic carbocycles. The van der Waals surface area contributed by atoms with Crippen molar-refractivity contribution in [2.75, 3.05) is 19.1 Å². The highest BCUT2D eigenvalue weighted by Crippen LogP contribution is 2.32. The van der Waals surface area contributed by atoms with E-state index in [1.165, 1.54) is 7.11 Å². The number of aryl methyl sites for hydroxylation is 1. The van der Waals surface area contributed by atoms with Crippen molar-refractivity contribution in [3.05, 3.63) is 47.5 Å². The van der Waals surface area contributed by atoms with Crippen molar-refractivity contribution in [2.24, 2.45) is 0 Å². The van der Waals surface area contributed by atoms with Crippen molar-refractivity contribution >= 4 is 17.6 Å². The van der Waals surface area contributed by atoms with Crippen molar-refractivity contribution < 1.29 is 23.4 Å². The van der Waals surface area contributed by atoms with E-state index in [0.717, 1.165) is 5.69 Å². The van der Waals surface area contributed by atoms with Gasteiger partial charge in [-0.15, -0.1) is 0 Å². The lowest BCUT2D eigenvalue weighted by Gasteiger charge is -2.20. The third-order valence-corrected chi connectivity index (χ3v) is 4.66. The molecule has 9 heteroatoms. The van der Waals surface area contributed by atoms with Crippen molar-refractivity contribution in [2.45, 2.75) is 32.6 Å². The molecule has 9 nitrogen and oxygen atoms in total. The molecule has 0 aliphatic rings. The molecule has 0 bridgehead atoms. The highest BCUT2D eigenvalue weighted by Gasteiger charge is 2.29. The van der Waals surface area contributed by atoms with E-state index in [1.807, 2.05) is 30.3 Å². The van der Waals surface area contributed by atoms with Crippen LogP contribution >= 0.6 is 0 Å². The van der Waals surface area contributed by atoms with E-state index >= 15 is 0 Å². The lowest BCUT2D eigenvalue weighted by molar-refractivity contribution is -0.141. The van der Waals surface area contributed by atoms with Gasteiger partial charge in [0.05, 0.1) is 19.2 Å². The number of nitrogens with zero attached hydrogens (tertiary/aromatic N) is 4. The van der Waals surface area contributed by atoms with Crippen molar-refractivity contribution in [1.82, 2.24) is 15.3 Å². The summed E-state index contributed by atoms with van der Waals surface area (Å²) < 4.78 is 15.2. The first-order valence-corrected chi connectivity index (χ1v) is 9.06. The quantitative estimate of drug-likeness (QED) is 0.558. The molecule has 0 saturated heterocycles. The highest BCUT2D eigenvalue weighted by atomic mass is 16.5. The third kappa shape index (κ3) is 4.50. The molecule has 3 aromatic rings. The number of ether oxygens (including phenoxy) is 1. The van der Waals surface area contributed by atoms with Gasteiger partial charge in [-0.2, -0.15) is 4.98 Å². The summed E-state index contributed by atoms with van der Waals surface area (Å²) in [6.07, 6.45) is 0.0432. The number of aromatic nitrogens is 3. The molecule has 0 spiro atoms. The van der Waals surface area contributed by atoms with E-state index in [9.17, 15) is 9.59 Å². The summed E-state index contributed by atoms with van der Waals surface area (Å²) in [6.45, 7) is 3.45. The Bertz CT molecular complexity index is 995. The second kappa shape index (κ2) is 8.68. The summed E-state index contributed by atoms with van der Waals surface area (Å²) in [5.41, 5.74) is 1.90. The first-order chi connectivity index (χ1) is 13.9. The van der Waals surface area contributed by atoms with E-state index in [1.54, 1.807) is 25.8 Å². The number of esters is 1. The molecule has 29 heavy (non-hydrogen) atoms. The molecule has 0 unspecified atom stereocenters. The van der Waals surface area contributed by atoms with Crippen molar-refractivity contribution in [3.8, 4) is 11.6 Å². The van der Waals surface area contributed by atoms with Crippen LogP contribution in [-0.2, 0) is 14.3 Å². The first kappa shape index (κ1) is 20.2. The maximum absolute atomic E-state index is 12.9. The van der Waals surface area contributed by atoms with Crippen LogP contribution in [0.1, 0.15) is 35.9 Å². The molecule has 3 rings (SSSR count). The zero-order chi connectivity index (χ0) is 21.0. The monoisotopic (exact) mass is 398 g/mol. The lowest BCUT2D eigenvalue weighted by Crippen LogP contribution is -2.28. The van der Waals surface area contributed by atoms with Crippen LogP contribution in [0.2, 0.25) is 0 Å². The Balaban J connectivity index is 1.87. The fourth-order valence-corrected chi connectivity index (χ4v) is 3.02. The van der Waals surface area contributed by atoms with Gasteiger partial charge in [0, 0.05) is 37.6 Å². The average molecular weight is 398 g/mol. The lowest BCUT2D eigenvalue weighted by atomic mass is 9.93. The van der Waals surface area contributed by atoms with Crippen LogP contribution in [0.5, 0.6) is 0 Å². The average Bonchev–Trinajstić information content (AvgIpc) is 3.32. The molecule has 1 amide bonds. The third-order valence-electron chi connectivity index (χ3n) is 4.66. The fraction of sp³-hybridized carbons (Fsp3) is 0.350. The molecule has 2 aromatic heterocycles. The van der Waals surface area contributed by atoms with Crippen molar-refractivity contribution in [1.29, 1.82) is 0 Å². The Kier molecular flexibility index (Phi) is 6.06. The van der Waals surface area contributed by atoms with Crippen LogP contribution in [0, 0.1) is 13.8 Å². The van der Waals surface area contributed by atoms with E-state index in [2.05, 4.69) is 15.3 Å². The van der Waals surface area contributed by atoms with Gasteiger partial charge in [0.15, 0.2) is 0 Å². The Morgan fingerprint density at radius 1 is 1.10 bits per heavy atom. The molecule has 0 N–H and O–H groups in total. The number of hydrogen-bond acceptors (Lipinski definition) is 8. The molecule has 0 fully saturated rings. The number of carbonyl (C=O) groups is 2. The van der Waals surface area contributed by atoms with Gasteiger partial charge in [-0.25, -0.2) is 0 Å². The second-order valence-electron chi connectivity index (χ2n) is 6.63. The van der Waals surface area contributed by atoms with Gasteiger partial charge >= 0.3 is 5.97 Å². The maximum atomic E-state index is 12.9. The molecular formula is C20H22N4O5. The number of benzene rings is 1. The van der Waals surface area contributed by atoms with Crippen LogP contribution in [0.25, 0.3) is 11.6 Å². The first-order valence-electron chi connectivity index (χ1n) is 9.06. The maximum Gasteiger partial charge on any atom is 0.306 e. The minimum Gasteiger partial charge on any atom is -0.469 e. The van der Waals surface area contributed by atoms with Crippen LogP contribution in [0.15, 0.2) is 39.4 Å². The van der Waals surface area contributed by atoms with Gasteiger partial charge in [-0.05, 0) is 19.1 Å². The molecular weight excluding hydrogens is 376 g/mol. The molecule has 1 aromatic carbocycles. The zero-order valence-electron chi connectivity index (χ0n) is 16.7. The van der Waals surface area contributed by atoms with Crippen LogP contribution in [0.4, 0.5) is 5.69 Å². The van der Waals surface area contributed by atoms with E-state index in [4.69, 9.17) is 13.8 Å². The molecule has 0 radical (unpaired) electrons. The summed E-state index contributed by atoms with van der Waals surface area (Å²) in [4.78, 5) is 30.5. The van der Waals surface area contributed by atoms with Crippen LogP contribution < -0.4 is 4.90 Å². The molecule has 0 saturated carbocycles. The van der Waals surface area contributed by atoms with Crippen molar-refractivity contribution in [3.63, 3.8) is 0 Å². The minimum absolute atomic E-state index is 0.0110. The van der Waals surface area contributed by atoms with Gasteiger partial charge in [0.2, 0.25) is 23.4 Å². The molecule has 1 atom stereocenters. The summed E-state index contributed by atoms with van der Waals surface area (Å²) in [6, 6.07) is 9.26. The normalized spacial score (nSPS) is 11.9. The number of hydrogen-bond donors (Lipinski definition) is 0. The largest absolute Gasteiger partial charge is 0.469 e. The molecule has 0 aliphatic heterocycles. The number of carbonyl (C=O) groups excluding carboxylic acids is 2. The van der Waals surface area contributed by atoms with E-state index in [-0.39, 0.29) is 24.6 Å². The summed E-state index contributed by atoms with van der Waals surface area (Å²) >= 11 is 0. The summed E-state index contributed by atoms with van der Waals surface area (Å²) in [7, 11) is 3.00. The number of anilines is 1. The van der Waals surface area contributed by atoms with Crippen LogP contribution in [-0.4, -0.2) is 41.3 Å². The van der Waals surface area contributed by atoms with Gasteiger partial charge in [-0.3, -0.25) is 9.59 Å². The number of methoxy groups -OCH3 is 1. The Morgan fingerprint density at radius 2 is 1.83 bits per heavy atom. The number of amides is 1. The molecule has 2 heterocycles.